The summed E-state index contributed by atoms with van der Waals surface area (Å²) in [5.41, 5.74) is 0. The summed E-state index contributed by atoms with van der Waals surface area (Å²) in [6, 6.07) is 0.762. The van der Waals surface area contributed by atoms with Gasteiger partial charge in [-0.2, -0.15) is 0 Å². The smallest absolute Gasteiger partial charge is 0.247 e. The number of hydrogen-bond donors (Lipinski definition) is 0. The van der Waals surface area contributed by atoms with Crippen molar-refractivity contribution >= 4 is 5.84 Å². The van der Waals surface area contributed by atoms with E-state index in [1.807, 2.05) is 0 Å². The predicted molar refractivity (Wildman–Crippen MR) is 196 cm³/mol. The first kappa shape index (κ1) is 43.9. The molecule has 44 heavy (non-hydrogen) atoms. The Morgan fingerprint density at radius 1 is 0.455 bits per heavy atom. The zero-order valence-electron chi connectivity index (χ0n) is 31.1. The van der Waals surface area contributed by atoms with Crippen molar-refractivity contribution in [2.45, 2.75) is 239 Å². The van der Waals surface area contributed by atoms with Gasteiger partial charge in [-0.1, -0.05) is 200 Å². The highest BCUT2D eigenvalue weighted by Gasteiger charge is 2.34. The molecule has 0 aromatic rings. The van der Waals surface area contributed by atoms with E-state index in [4.69, 9.17) is 0 Å². The van der Waals surface area contributed by atoms with E-state index in [1.54, 1.807) is 5.84 Å². The van der Waals surface area contributed by atoms with Crippen molar-refractivity contribution in [2.75, 3.05) is 20.1 Å². The molecule has 0 spiro atoms. The maximum atomic E-state index is 2.70. The summed E-state index contributed by atoms with van der Waals surface area (Å²) in [6.07, 6.45) is 47.9. The second kappa shape index (κ2) is 34.3. The van der Waals surface area contributed by atoms with Crippen LogP contribution in [0.15, 0.2) is 0 Å². The van der Waals surface area contributed by atoms with E-state index in [2.05, 4.69) is 37.3 Å². The molecule has 0 aliphatic carbocycles. The van der Waals surface area contributed by atoms with Crippen LogP contribution in [0.4, 0.5) is 0 Å². The first-order valence-corrected chi connectivity index (χ1v) is 20.6. The molecule has 0 amide bonds. The van der Waals surface area contributed by atoms with E-state index in [1.165, 1.54) is 225 Å². The molecule has 0 radical (unpaired) electrons. The molecule has 0 aromatic carbocycles. The first-order chi connectivity index (χ1) is 21.2. The lowest BCUT2D eigenvalue weighted by Crippen LogP contribution is -3.00. The van der Waals surface area contributed by atoms with Crippen LogP contribution in [0.2, 0.25) is 0 Å². The van der Waals surface area contributed by atoms with Crippen LogP contribution in [0.1, 0.15) is 233 Å². The number of hydrogen-bond acceptors (Lipinski definition) is 1. The van der Waals surface area contributed by atoms with Gasteiger partial charge in [0.15, 0.2) is 0 Å². The third kappa shape index (κ3) is 25.1. The van der Waals surface area contributed by atoms with Gasteiger partial charge in [0, 0.05) is 6.42 Å². The van der Waals surface area contributed by atoms with Crippen molar-refractivity contribution in [2.24, 2.45) is 0 Å². The SMILES string of the molecule is CCCCCCCCCCCCCCCCCCC1CN(CC)C(CCCCCCCCCCCCCCCCC)=[N+]1C.[Br-]. The summed E-state index contributed by atoms with van der Waals surface area (Å²) in [6.45, 7) is 9.44. The van der Waals surface area contributed by atoms with E-state index in [-0.39, 0.29) is 17.0 Å². The average Bonchev–Trinajstić information content (AvgIpc) is 3.32. The number of nitrogens with zero attached hydrogens (tertiary/aromatic N) is 2. The molecule has 0 saturated carbocycles. The van der Waals surface area contributed by atoms with Gasteiger partial charge < -0.3 is 17.0 Å². The minimum atomic E-state index is 0. The fraction of sp³-hybridized carbons (Fsp3) is 0.976. The standard InChI is InChI=1S/C41H83N2.BrH/c1-5-8-10-12-14-16-18-20-22-24-25-27-29-31-33-35-37-40-39-43(7-3)41(42(40)4)38-36-34-32-30-28-26-23-21-19-17-15-13-11-9-6-2;/h40H,5-39H2,1-4H3;1H/q+1;/p-1. The molecule has 2 nitrogen and oxygen atoms in total. The third-order valence-electron chi connectivity index (χ3n) is 10.5. The Hall–Kier alpha value is -0.0500. The molecule has 264 valence electrons. The van der Waals surface area contributed by atoms with Crippen LogP contribution >= 0.6 is 0 Å². The number of likely N-dealkylation sites (N-methyl/N-ethyl adjacent to an activating group) is 2. The summed E-state index contributed by atoms with van der Waals surface area (Å²) < 4.78 is 2.68. The Balaban J connectivity index is 0.0000185. The summed E-state index contributed by atoms with van der Waals surface area (Å²) in [7, 11) is 2.40. The Bertz CT molecular complexity index is 603. The monoisotopic (exact) mass is 683 g/mol. The zero-order valence-corrected chi connectivity index (χ0v) is 32.7. The second-order valence-corrected chi connectivity index (χ2v) is 14.5. The van der Waals surface area contributed by atoms with Crippen molar-refractivity contribution in [3.63, 3.8) is 0 Å². The average molecular weight is 684 g/mol. The van der Waals surface area contributed by atoms with Crippen molar-refractivity contribution in [1.29, 1.82) is 0 Å². The third-order valence-corrected chi connectivity index (χ3v) is 10.5. The van der Waals surface area contributed by atoms with Gasteiger partial charge in [-0.25, -0.2) is 0 Å². The van der Waals surface area contributed by atoms with Crippen LogP contribution in [0.5, 0.6) is 0 Å². The highest BCUT2D eigenvalue weighted by molar-refractivity contribution is 5.78. The molecule has 0 N–H and O–H groups in total. The minimum absolute atomic E-state index is 0. The molecule has 1 aliphatic rings. The van der Waals surface area contributed by atoms with E-state index in [9.17, 15) is 0 Å². The van der Waals surface area contributed by atoms with E-state index in [0.29, 0.717) is 0 Å². The lowest BCUT2D eigenvalue weighted by molar-refractivity contribution is -0.529. The van der Waals surface area contributed by atoms with Gasteiger partial charge in [0.05, 0.1) is 13.6 Å². The van der Waals surface area contributed by atoms with Gasteiger partial charge in [-0.05, 0) is 26.2 Å². The molecule has 0 saturated heterocycles. The first-order valence-electron chi connectivity index (χ1n) is 20.6. The van der Waals surface area contributed by atoms with Crippen molar-refractivity contribution in [1.82, 2.24) is 4.90 Å². The molecule has 0 bridgehead atoms. The summed E-state index contributed by atoms with van der Waals surface area (Å²) in [5, 5.41) is 0. The van der Waals surface area contributed by atoms with Crippen LogP contribution in [0.3, 0.4) is 0 Å². The highest BCUT2D eigenvalue weighted by atomic mass is 79.9. The Morgan fingerprint density at radius 2 is 0.750 bits per heavy atom. The van der Waals surface area contributed by atoms with Crippen LogP contribution in [-0.4, -0.2) is 41.5 Å². The topological polar surface area (TPSA) is 6.25 Å². The molecule has 0 fully saturated rings. The van der Waals surface area contributed by atoms with Crippen molar-refractivity contribution < 1.29 is 21.6 Å². The molecule has 1 aliphatic heterocycles. The van der Waals surface area contributed by atoms with Crippen molar-refractivity contribution in [3.05, 3.63) is 0 Å². The quantitative estimate of drug-likeness (QED) is 0.0483. The maximum absolute atomic E-state index is 2.70. The lowest BCUT2D eigenvalue weighted by atomic mass is 10.0. The molecular formula is C41H83BrN2. The molecule has 3 heteroatoms. The molecule has 1 atom stereocenters. The number of amidine groups is 1. The number of rotatable bonds is 34. The molecule has 1 rings (SSSR count). The van der Waals surface area contributed by atoms with Crippen LogP contribution in [0.25, 0.3) is 0 Å². The van der Waals surface area contributed by atoms with Gasteiger partial charge >= 0.3 is 0 Å². The van der Waals surface area contributed by atoms with Gasteiger partial charge in [0.25, 0.3) is 0 Å². The van der Waals surface area contributed by atoms with Crippen LogP contribution < -0.4 is 17.0 Å². The fourth-order valence-corrected chi connectivity index (χ4v) is 7.43. The number of halogens is 1. The Morgan fingerprint density at radius 3 is 1.07 bits per heavy atom. The van der Waals surface area contributed by atoms with Gasteiger partial charge in [-0.15, -0.1) is 0 Å². The number of unbranched alkanes of at least 4 members (excludes halogenated alkanes) is 29. The molecular weight excluding hydrogens is 600 g/mol. The highest BCUT2D eigenvalue weighted by Crippen LogP contribution is 2.20. The van der Waals surface area contributed by atoms with E-state index >= 15 is 0 Å². The van der Waals surface area contributed by atoms with E-state index in [0.717, 1.165) is 6.04 Å². The lowest BCUT2D eigenvalue weighted by Gasteiger charge is -2.11. The Labute approximate surface area is 290 Å². The molecule has 0 aromatic heterocycles. The molecule has 1 unspecified atom stereocenters. The maximum Gasteiger partial charge on any atom is 0.247 e. The van der Waals surface area contributed by atoms with Crippen LogP contribution in [-0.2, 0) is 0 Å². The Kier molecular flexibility index (Phi) is 34.3. The largest absolute Gasteiger partial charge is 1.00 e. The predicted octanol–water partition coefficient (Wildman–Crippen LogP) is 10.6. The fourth-order valence-electron chi connectivity index (χ4n) is 7.43. The summed E-state index contributed by atoms with van der Waals surface area (Å²) in [5.74, 6) is 1.65. The van der Waals surface area contributed by atoms with Crippen molar-refractivity contribution in [3.8, 4) is 0 Å². The van der Waals surface area contributed by atoms with Gasteiger partial charge in [-0.3, -0.25) is 9.48 Å². The molecule has 1 heterocycles. The van der Waals surface area contributed by atoms with Gasteiger partial charge in [0.2, 0.25) is 5.84 Å². The van der Waals surface area contributed by atoms with Gasteiger partial charge in [0.1, 0.15) is 12.6 Å². The normalized spacial score (nSPS) is 15.0. The summed E-state index contributed by atoms with van der Waals surface area (Å²) >= 11 is 0. The minimum Gasteiger partial charge on any atom is -1.00 e. The van der Waals surface area contributed by atoms with Crippen LogP contribution in [0, 0.1) is 0 Å². The second-order valence-electron chi connectivity index (χ2n) is 14.5. The summed E-state index contributed by atoms with van der Waals surface area (Å²) in [4.78, 5) is 2.70. The zero-order chi connectivity index (χ0) is 31.1. The van der Waals surface area contributed by atoms with E-state index < -0.39 is 0 Å².